The van der Waals surface area contributed by atoms with Crippen molar-refractivity contribution < 1.29 is 0 Å². The number of H-pyrrole nitrogens is 1. The highest BCUT2D eigenvalue weighted by atomic mass is 79.9. The number of hydrogen-bond donors (Lipinski definition) is 1. The van der Waals surface area contributed by atoms with E-state index in [1.807, 2.05) is 6.07 Å². The quantitative estimate of drug-likeness (QED) is 0.676. The van der Waals surface area contributed by atoms with Gasteiger partial charge in [-0.3, -0.25) is 0 Å². The van der Waals surface area contributed by atoms with E-state index in [0.717, 1.165) is 15.9 Å². The molecule has 0 atom stereocenters. The Morgan fingerprint density at radius 2 is 1.17 bits per heavy atom. The maximum atomic E-state index is 3.45. The second-order valence-corrected chi connectivity index (χ2v) is 5.07. The van der Waals surface area contributed by atoms with Crippen molar-refractivity contribution in [2.24, 2.45) is 0 Å². The normalized spacial score (nSPS) is 10.5. The lowest BCUT2D eigenvalue weighted by Gasteiger charge is -1.99. The van der Waals surface area contributed by atoms with E-state index in [0.29, 0.717) is 0 Å². The van der Waals surface area contributed by atoms with Crippen LogP contribution in [-0.2, 0) is 0 Å². The van der Waals surface area contributed by atoms with Gasteiger partial charge >= 0.3 is 0 Å². The van der Waals surface area contributed by atoms with Crippen molar-refractivity contribution in [2.45, 2.75) is 0 Å². The molecule has 0 saturated heterocycles. The Labute approximate surface area is 115 Å². The molecule has 0 spiro atoms. The van der Waals surface area contributed by atoms with E-state index in [1.54, 1.807) is 0 Å². The second-order valence-electron chi connectivity index (χ2n) is 4.16. The predicted molar refractivity (Wildman–Crippen MR) is 79.4 cm³/mol. The van der Waals surface area contributed by atoms with Crippen LogP contribution in [0.3, 0.4) is 0 Å². The van der Waals surface area contributed by atoms with Crippen LogP contribution in [0.4, 0.5) is 0 Å². The summed E-state index contributed by atoms with van der Waals surface area (Å²) >= 11 is 3.45. The summed E-state index contributed by atoms with van der Waals surface area (Å²) in [5.41, 5.74) is 4.69. The number of aromatic amines is 1. The van der Waals surface area contributed by atoms with Crippen molar-refractivity contribution >= 4 is 15.9 Å². The van der Waals surface area contributed by atoms with Gasteiger partial charge in [0.05, 0.1) is 0 Å². The Bertz CT molecular complexity index is 638. The number of nitrogens with one attached hydrogen (secondary N) is 1. The van der Waals surface area contributed by atoms with Crippen LogP contribution in [0.25, 0.3) is 22.5 Å². The molecule has 3 rings (SSSR count). The average molecular weight is 298 g/mol. The average Bonchev–Trinajstić information content (AvgIpc) is 2.90. The van der Waals surface area contributed by atoms with Crippen molar-refractivity contribution in [3.8, 4) is 22.5 Å². The SMILES string of the molecule is Brc1ccc(-c2ccc(-c3ccccc3)[nH]2)cc1. The summed E-state index contributed by atoms with van der Waals surface area (Å²) in [7, 11) is 0. The summed E-state index contributed by atoms with van der Waals surface area (Å²) in [6, 6.07) is 22.9. The van der Waals surface area contributed by atoms with E-state index >= 15 is 0 Å². The first-order valence-corrected chi connectivity index (χ1v) is 6.62. The molecule has 1 aromatic heterocycles. The molecule has 0 bridgehead atoms. The summed E-state index contributed by atoms with van der Waals surface area (Å²) in [6.07, 6.45) is 0. The molecular formula is C16H12BrN. The van der Waals surface area contributed by atoms with Crippen LogP contribution in [0.2, 0.25) is 0 Å². The van der Waals surface area contributed by atoms with E-state index in [4.69, 9.17) is 0 Å². The zero-order chi connectivity index (χ0) is 12.4. The second kappa shape index (κ2) is 4.83. The number of hydrogen-bond acceptors (Lipinski definition) is 0. The standard InChI is InChI=1S/C16H12BrN/c17-14-8-6-13(7-9-14)16-11-10-15(18-16)12-4-2-1-3-5-12/h1-11,18H. The van der Waals surface area contributed by atoms with Gasteiger partial charge in [-0.25, -0.2) is 0 Å². The molecule has 0 aliphatic carbocycles. The number of rotatable bonds is 2. The fraction of sp³-hybridized carbons (Fsp3) is 0. The van der Waals surface area contributed by atoms with Gasteiger partial charge in [-0.05, 0) is 35.4 Å². The Morgan fingerprint density at radius 1 is 0.611 bits per heavy atom. The van der Waals surface area contributed by atoms with E-state index in [-0.39, 0.29) is 0 Å². The first-order chi connectivity index (χ1) is 8.83. The zero-order valence-electron chi connectivity index (χ0n) is 9.73. The van der Waals surface area contributed by atoms with E-state index < -0.39 is 0 Å². The maximum Gasteiger partial charge on any atom is 0.0458 e. The minimum absolute atomic E-state index is 1.10. The van der Waals surface area contributed by atoms with Crippen LogP contribution in [-0.4, -0.2) is 4.98 Å². The molecule has 0 amide bonds. The molecule has 1 nitrogen and oxygen atoms in total. The van der Waals surface area contributed by atoms with Crippen molar-refractivity contribution in [2.75, 3.05) is 0 Å². The van der Waals surface area contributed by atoms with Gasteiger partial charge in [0, 0.05) is 15.9 Å². The van der Waals surface area contributed by atoms with E-state index in [9.17, 15) is 0 Å². The Morgan fingerprint density at radius 3 is 1.78 bits per heavy atom. The minimum atomic E-state index is 1.10. The molecule has 18 heavy (non-hydrogen) atoms. The smallest absolute Gasteiger partial charge is 0.0458 e. The largest absolute Gasteiger partial charge is 0.355 e. The third-order valence-electron chi connectivity index (χ3n) is 2.93. The fourth-order valence-corrected chi connectivity index (χ4v) is 2.24. The van der Waals surface area contributed by atoms with Crippen LogP contribution in [0.5, 0.6) is 0 Å². The van der Waals surface area contributed by atoms with Crippen LogP contribution in [0.15, 0.2) is 71.2 Å². The van der Waals surface area contributed by atoms with Crippen LogP contribution in [0.1, 0.15) is 0 Å². The minimum Gasteiger partial charge on any atom is -0.355 e. The maximum absolute atomic E-state index is 3.45. The van der Waals surface area contributed by atoms with Crippen molar-refractivity contribution in [3.05, 3.63) is 71.2 Å². The molecule has 0 saturated carbocycles. The van der Waals surface area contributed by atoms with Gasteiger partial charge in [-0.2, -0.15) is 0 Å². The lowest BCUT2D eigenvalue weighted by molar-refractivity contribution is 1.39. The number of aromatic nitrogens is 1. The van der Waals surface area contributed by atoms with Crippen molar-refractivity contribution in [1.29, 1.82) is 0 Å². The Hall–Kier alpha value is -1.80. The van der Waals surface area contributed by atoms with Gasteiger partial charge in [0.25, 0.3) is 0 Å². The van der Waals surface area contributed by atoms with Crippen molar-refractivity contribution in [1.82, 2.24) is 4.98 Å². The topological polar surface area (TPSA) is 15.8 Å². The van der Waals surface area contributed by atoms with Crippen LogP contribution in [0, 0.1) is 0 Å². The molecular weight excluding hydrogens is 286 g/mol. The summed E-state index contributed by atoms with van der Waals surface area (Å²) in [5, 5.41) is 0. The molecule has 0 unspecified atom stereocenters. The van der Waals surface area contributed by atoms with Crippen LogP contribution >= 0.6 is 15.9 Å². The van der Waals surface area contributed by atoms with Gasteiger partial charge in [0.15, 0.2) is 0 Å². The van der Waals surface area contributed by atoms with Gasteiger partial charge in [-0.1, -0.05) is 58.4 Å². The summed E-state index contributed by atoms with van der Waals surface area (Å²) < 4.78 is 1.10. The Balaban J connectivity index is 1.97. The summed E-state index contributed by atoms with van der Waals surface area (Å²) in [6.45, 7) is 0. The van der Waals surface area contributed by atoms with E-state index in [1.165, 1.54) is 11.1 Å². The first kappa shape index (κ1) is 11.3. The zero-order valence-corrected chi connectivity index (χ0v) is 11.3. The van der Waals surface area contributed by atoms with Gasteiger partial charge < -0.3 is 4.98 Å². The molecule has 0 radical (unpaired) electrons. The first-order valence-electron chi connectivity index (χ1n) is 5.83. The monoisotopic (exact) mass is 297 g/mol. The van der Waals surface area contributed by atoms with E-state index in [2.05, 4.69) is 81.6 Å². The lowest BCUT2D eigenvalue weighted by Crippen LogP contribution is -1.79. The molecule has 1 N–H and O–H groups in total. The molecule has 2 heteroatoms. The Kier molecular flexibility index (Phi) is 3.03. The number of benzene rings is 2. The van der Waals surface area contributed by atoms with Gasteiger partial charge in [-0.15, -0.1) is 0 Å². The van der Waals surface area contributed by atoms with Gasteiger partial charge in [0.2, 0.25) is 0 Å². The van der Waals surface area contributed by atoms with Gasteiger partial charge in [0.1, 0.15) is 0 Å². The molecule has 3 aromatic rings. The summed E-state index contributed by atoms with van der Waals surface area (Å²) in [5.74, 6) is 0. The molecule has 0 aliphatic heterocycles. The molecule has 0 aliphatic rings. The molecule has 1 heterocycles. The highest BCUT2D eigenvalue weighted by molar-refractivity contribution is 9.10. The lowest BCUT2D eigenvalue weighted by atomic mass is 10.2. The third-order valence-corrected chi connectivity index (χ3v) is 3.45. The molecule has 0 fully saturated rings. The highest BCUT2D eigenvalue weighted by Crippen LogP contribution is 2.25. The highest BCUT2D eigenvalue weighted by Gasteiger charge is 2.03. The third kappa shape index (κ3) is 2.24. The fourth-order valence-electron chi connectivity index (χ4n) is 1.98. The van der Waals surface area contributed by atoms with Crippen LogP contribution < -0.4 is 0 Å². The molecule has 2 aromatic carbocycles. The predicted octanol–water partition coefficient (Wildman–Crippen LogP) is 5.11. The number of halogens is 1. The summed E-state index contributed by atoms with van der Waals surface area (Å²) in [4.78, 5) is 3.45. The molecule has 88 valence electrons. The van der Waals surface area contributed by atoms with Crippen molar-refractivity contribution in [3.63, 3.8) is 0 Å².